The molecule has 1 saturated heterocycles. The van der Waals surface area contributed by atoms with E-state index in [0.29, 0.717) is 34.9 Å². The predicted molar refractivity (Wildman–Crippen MR) is 143 cm³/mol. The number of piperidine rings is 1. The minimum Gasteiger partial charge on any atom is -0.481 e. The van der Waals surface area contributed by atoms with Crippen molar-refractivity contribution in [1.29, 1.82) is 0 Å². The molecule has 0 spiro atoms. The van der Waals surface area contributed by atoms with Gasteiger partial charge in [0, 0.05) is 0 Å². The van der Waals surface area contributed by atoms with Crippen molar-refractivity contribution in [2.24, 2.45) is 11.8 Å². The van der Waals surface area contributed by atoms with Crippen LogP contribution in [0.5, 0.6) is 0 Å². The van der Waals surface area contributed by atoms with Crippen molar-refractivity contribution in [3.63, 3.8) is 0 Å². The molecule has 206 valence electrons. The van der Waals surface area contributed by atoms with E-state index in [1.807, 2.05) is 18.2 Å². The standard InChI is InChI=1S/C32H33F4NO2/c1-20-14-16-37(17-15-20)30(23-6-11-26(33)12-7-23)27-13-8-24(29(31(38)39)18-21-2-3-21)19-28(27)22-4-9-25(10-5-22)32(34,35)36/h4-13,19-21,29-30H,2-3,14-18H2,1H3,(H,38,39)/t29-,30?/m1/s1. The average molecular weight is 540 g/mol. The summed E-state index contributed by atoms with van der Waals surface area (Å²) in [6.07, 6.45) is 0.151. The molecule has 2 atom stereocenters. The molecule has 1 aliphatic heterocycles. The second-order valence-electron chi connectivity index (χ2n) is 11.2. The van der Waals surface area contributed by atoms with E-state index in [-0.39, 0.29) is 11.9 Å². The van der Waals surface area contributed by atoms with Gasteiger partial charge in [-0.25, -0.2) is 4.39 Å². The number of hydrogen-bond acceptors (Lipinski definition) is 2. The Balaban J connectivity index is 1.65. The summed E-state index contributed by atoms with van der Waals surface area (Å²) in [6, 6.07) is 16.8. The monoisotopic (exact) mass is 539 g/mol. The third kappa shape index (κ3) is 6.35. The molecule has 1 saturated carbocycles. The number of likely N-dealkylation sites (tertiary alicyclic amines) is 1. The van der Waals surface area contributed by atoms with Crippen LogP contribution >= 0.6 is 0 Å². The van der Waals surface area contributed by atoms with E-state index in [1.165, 1.54) is 24.3 Å². The fraction of sp³-hybridized carbons (Fsp3) is 0.406. The van der Waals surface area contributed by atoms with Crippen molar-refractivity contribution in [3.05, 3.63) is 94.8 Å². The van der Waals surface area contributed by atoms with Crippen molar-refractivity contribution in [2.75, 3.05) is 13.1 Å². The van der Waals surface area contributed by atoms with Crippen LogP contribution in [0.4, 0.5) is 17.6 Å². The highest BCUT2D eigenvalue weighted by Gasteiger charge is 2.33. The summed E-state index contributed by atoms with van der Waals surface area (Å²) in [7, 11) is 0. The number of carboxylic acid groups (broad SMARTS) is 1. The van der Waals surface area contributed by atoms with E-state index < -0.39 is 23.6 Å². The molecule has 1 aliphatic carbocycles. The second-order valence-corrected chi connectivity index (χ2v) is 11.2. The lowest BCUT2D eigenvalue weighted by Crippen LogP contribution is -2.37. The summed E-state index contributed by atoms with van der Waals surface area (Å²) < 4.78 is 53.9. The zero-order valence-corrected chi connectivity index (χ0v) is 21.9. The molecule has 2 fully saturated rings. The van der Waals surface area contributed by atoms with E-state index in [2.05, 4.69) is 11.8 Å². The van der Waals surface area contributed by atoms with Crippen LogP contribution < -0.4 is 0 Å². The first kappa shape index (κ1) is 27.4. The van der Waals surface area contributed by atoms with Crippen LogP contribution in [0.2, 0.25) is 0 Å². The fourth-order valence-electron chi connectivity index (χ4n) is 5.70. The van der Waals surface area contributed by atoms with Crippen LogP contribution in [0.1, 0.15) is 73.2 Å². The lowest BCUT2D eigenvalue weighted by atomic mass is 9.84. The Morgan fingerprint density at radius 3 is 2.10 bits per heavy atom. The number of hydrogen-bond donors (Lipinski definition) is 1. The molecule has 7 heteroatoms. The van der Waals surface area contributed by atoms with Crippen molar-refractivity contribution in [3.8, 4) is 11.1 Å². The van der Waals surface area contributed by atoms with Gasteiger partial charge < -0.3 is 5.11 Å². The number of carbonyl (C=O) groups is 1. The van der Waals surface area contributed by atoms with Gasteiger partial charge in [-0.05, 0) is 102 Å². The van der Waals surface area contributed by atoms with E-state index in [4.69, 9.17) is 0 Å². The smallest absolute Gasteiger partial charge is 0.416 e. The van der Waals surface area contributed by atoms with Gasteiger partial charge in [0.1, 0.15) is 5.82 Å². The molecule has 1 heterocycles. The predicted octanol–water partition coefficient (Wildman–Crippen LogP) is 8.30. The van der Waals surface area contributed by atoms with Gasteiger partial charge in [0.2, 0.25) is 0 Å². The maximum absolute atomic E-state index is 13.9. The largest absolute Gasteiger partial charge is 0.481 e. The van der Waals surface area contributed by atoms with Crippen molar-refractivity contribution >= 4 is 5.97 Å². The summed E-state index contributed by atoms with van der Waals surface area (Å²) in [4.78, 5) is 14.6. The highest BCUT2D eigenvalue weighted by Crippen LogP contribution is 2.43. The Morgan fingerprint density at radius 2 is 1.54 bits per heavy atom. The minimum absolute atomic E-state index is 0.254. The highest BCUT2D eigenvalue weighted by atomic mass is 19.4. The summed E-state index contributed by atoms with van der Waals surface area (Å²) in [5.41, 5.74) is 2.97. The molecule has 3 nitrogen and oxygen atoms in total. The van der Waals surface area contributed by atoms with Crippen LogP contribution in [0, 0.1) is 17.7 Å². The Hall–Kier alpha value is -3.19. The quantitative estimate of drug-likeness (QED) is 0.293. The second kappa shape index (κ2) is 11.1. The molecule has 1 N–H and O–H groups in total. The first-order valence-electron chi connectivity index (χ1n) is 13.6. The molecular formula is C32H33F4NO2. The normalized spacial score (nSPS) is 18.6. The van der Waals surface area contributed by atoms with Crippen molar-refractivity contribution in [1.82, 2.24) is 4.90 Å². The highest BCUT2D eigenvalue weighted by molar-refractivity contribution is 5.78. The Labute approximate surface area is 226 Å². The van der Waals surface area contributed by atoms with Crippen LogP contribution in [0.25, 0.3) is 11.1 Å². The molecule has 1 unspecified atom stereocenters. The Morgan fingerprint density at radius 1 is 0.923 bits per heavy atom. The average Bonchev–Trinajstić information content (AvgIpc) is 3.74. The third-order valence-corrected chi connectivity index (χ3v) is 8.23. The lowest BCUT2D eigenvalue weighted by Gasteiger charge is -2.38. The molecule has 39 heavy (non-hydrogen) atoms. The lowest BCUT2D eigenvalue weighted by molar-refractivity contribution is -0.139. The van der Waals surface area contributed by atoms with Crippen molar-refractivity contribution in [2.45, 2.75) is 57.2 Å². The molecule has 0 amide bonds. The molecule has 0 radical (unpaired) electrons. The SMILES string of the molecule is CC1CCN(C(c2ccc(F)cc2)c2ccc([C@@H](CC3CC3)C(=O)O)cc2-c2ccc(C(F)(F)F)cc2)CC1. The van der Waals surface area contributed by atoms with Gasteiger partial charge in [-0.15, -0.1) is 0 Å². The van der Waals surface area contributed by atoms with Crippen molar-refractivity contribution < 1.29 is 27.5 Å². The zero-order chi connectivity index (χ0) is 27.7. The number of halogens is 4. The van der Waals surface area contributed by atoms with Gasteiger partial charge in [0.25, 0.3) is 0 Å². The zero-order valence-electron chi connectivity index (χ0n) is 21.9. The summed E-state index contributed by atoms with van der Waals surface area (Å²) in [5.74, 6) is -0.936. The van der Waals surface area contributed by atoms with Crippen LogP contribution in [0.15, 0.2) is 66.7 Å². The topological polar surface area (TPSA) is 40.5 Å². The van der Waals surface area contributed by atoms with Crippen LogP contribution in [0.3, 0.4) is 0 Å². The van der Waals surface area contributed by atoms with Gasteiger partial charge in [-0.3, -0.25) is 9.69 Å². The van der Waals surface area contributed by atoms with Crippen LogP contribution in [-0.4, -0.2) is 29.1 Å². The Kier molecular flexibility index (Phi) is 7.81. The maximum Gasteiger partial charge on any atom is 0.416 e. The number of aliphatic carboxylic acids is 1. The number of nitrogens with zero attached hydrogens (tertiary/aromatic N) is 1. The van der Waals surface area contributed by atoms with E-state index >= 15 is 0 Å². The molecule has 0 aromatic heterocycles. The van der Waals surface area contributed by atoms with Crippen LogP contribution in [-0.2, 0) is 11.0 Å². The van der Waals surface area contributed by atoms with E-state index in [9.17, 15) is 27.5 Å². The molecule has 0 bridgehead atoms. The van der Waals surface area contributed by atoms with Gasteiger partial charge in [0.05, 0.1) is 17.5 Å². The number of alkyl halides is 3. The summed E-state index contributed by atoms with van der Waals surface area (Å²) in [6.45, 7) is 3.88. The molecule has 3 aromatic carbocycles. The Bertz CT molecular complexity index is 1290. The van der Waals surface area contributed by atoms with Gasteiger partial charge >= 0.3 is 12.1 Å². The van der Waals surface area contributed by atoms with Gasteiger partial charge in [0.15, 0.2) is 0 Å². The number of carboxylic acids is 1. The molecular weight excluding hydrogens is 506 g/mol. The maximum atomic E-state index is 13.9. The molecule has 2 aliphatic rings. The molecule has 5 rings (SSSR count). The summed E-state index contributed by atoms with van der Waals surface area (Å²) in [5, 5.41) is 10.0. The fourth-order valence-corrected chi connectivity index (χ4v) is 5.70. The van der Waals surface area contributed by atoms with E-state index in [1.54, 1.807) is 12.1 Å². The molecule has 3 aromatic rings. The van der Waals surface area contributed by atoms with Gasteiger partial charge in [-0.2, -0.15) is 13.2 Å². The third-order valence-electron chi connectivity index (χ3n) is 8.23. The number of benzene rings is 3. The number of rotatable bonds is 8. The first-order chi connectivity index (χ1) is 18.6. The minimum atomic E-state index is -4.46. The first-order valence-corrected chi connectivity index (χ1v) is 13.6. The van der Waals surface area contributed by atoms with Gasteiger partial charge in [-0.1, -0.05) is 56.2 Å². The van der Waals surface area contributed by atoms with E-state index in [0.717, 1.165) is 62.0 Å². The summed E-state index contributed by atoms with van der Waals surface area (Å²) >= 11 is 0.